The molecule has 0 radical (unpaired) electrons. The van der Waals surface area contributed by atoms with Crippen molar-refractivity contribution < 1.29 is 4.74 Å². The van der Waals surface area contributed by atoms with Crippen LogP contribution in [0.4, 0.5) is 0 Å². The first-order valence-corrected chi connectivity index (χ1v) is 5.83. The quantitative estimate of drug-likeness (QED) is 0.732. The van der Waals surface area contributed by atoms with E-state index in [0.29, 0.717) is 12.6 Å². The molecule has 1 rings (SSSR count). The molecule has 0 aliphatic rings. The highest BCUT2D eigenvalue weighted by Crippen LogP contribution is 2.22. The molecule has 17 heavy (non-hydrogen) atoms. The van der Waals surface area contributed by atoms with Crippen LogP contribution in [0.25, 0.3) is 0 Å². The number of hydrogen-bond donors (Lipinski definition) is 0. The van der Waals surface area contributed by atoms with Gasteiger partial charge in [-0.25, -0.2) is 0 Å². The van der Waals surface area contributed by atoms with Crippen molar-refractivity contribution in [2.24, 2.45) is 0 Å². The van der Waals surface area contributed by atoms with E-state index in [1.165, 1.54) is 5.56 Å². The molecule has 0 atom stereocenters. The van der Waals surface area contributed by atoms with Crippen LogP contribution in [0.2, 0.25) is 0 Å². The molecule has 0 bridgehead atoms. The number of aryl methyl sites for hydroxylation is 1. The van der Waals surface area contributed by atoms with Gasteiger partial charge in [-0.15, -0.1) is 0 Å². The maximum Gasteiger partial charge on any atom is 0.123 e. The topological polar surface area (TPSA) is 36.3 Å². The van der Waals surface area contributed by atoms with E-state index in [1.54, 1.807) is 7.11 Å². The summed E-state index contributed by atoms with van der Waals surface area (Å²) in [6, 6.07) is 8.69. The van der Waals surface area contributed by atoms with Crippen LogP contribution in [0.1, 0.15) is 25.0 Å². The fraction of sp³-hybridized carbons (Fsp3) is 0.500. The van der Waals surface area contributed by atoms with Gasteiger partial charge in [0.2, 0.25) is 0 Å². The zero-order valence-electron chi connectivity index (χ0n) is 11.0. The minimum absolute atomic E-state index is 0.347. The first-order chi connectivity index (χ1) is 8.08. The molecule has 3 nitrogen and oxygen atoms in total. The van der Waals surface area contributed by atoms with Crippen molar-refractivity contribution in [2.75, 3.05) is 13.7 Å². The summed E-state index contributed by atoms with van der Waals surface area (Å²) in [7, 11) is 1.68. The first kappa shape index (κ1) is 13.5. The number of nitriles is 1. The Hall–Kier alpha value is -1.53. The number of hydrogen-bond acceptors (Lipinski definition) is 3. The molecule has 0 aromatic heterocycles. The molecule has 0 aliphatic carbocycles. The molecule has 0 fully saturated rings. The second-order valence-corrected chi connectivity index (χ2v) is 4.47. The van der Waals surface area contributed by atoms with Crippen LogP contribution in [0.15, 0.2) is 18.2 Å². The smallest absolute Gasteiger partial charge is 0.123 e. The van der Waals surface area contributed by atoms with Gasteiger partial charge in [0.05, 0.1) is 19.7 Å². The van der Waals surface area contributed by atoms with E-state index in [2.05, 4.69) is 37.8 Å². The Kier molecular flexibility index (Phi) is 4.99. The number of ether oxygens (including phenoxy) is 1. The van der Waals surface area contributed by atoms with E-state index in [9.17, 15) is 0 Å². The number of rotatable bonds is 5. The second-order valence-electron chi connectivity index (χ2n) is 4.47. The van der Waals surface area contributed by atoms with Gasteiger partial charge in [0.1, 0.15) is 5.75 Å². The fourth-order valence-corrected chi connectivity index (χ4v) is 1.76. The average molecular weight is 232 g/mol. The van der Waals surface area contributed by atoms with Crippen LogP contribution < -0.4 is 4.74 Å². The monoisotopic (exact) mass is 232 g/mol. The first-order valence-electron chi connectivity index (χ1n) is 5.83. The van der Waals surface area contributed by atoms with Crippen LogP contribution in [0.3, 0.4) is 0 Å². The van der Waals surface area contributed by atoms with Crippen molar-refractivity contribution in [3.8, 4) is 11.8 Å². The third-order valence-electron chi connectivity index (χ3n) is 2.81. The van der Waals surface area contributed by atoms with Crippen molar-refractivity contribution >= 4 is 0 Å². The largest absolute Gasteiger partial charge is 0.496 e. The Morgan fingerprint density at radius 2 is 2.12 bits per heavy atom. The van der Waals surface area contributed by atoms with E-state index < -0.39 is 0 Å². The predicted molar refractivity (Wildman–Crippen MR) is 68.9 cm³/mol. The zero-order valence-corrected chi connectivity index (χ0v) is 11.0. The fourth-order valence-electron chi connectivity index (χ4n) is 1.76. The summed E-state index contributed by atoms with van der Waals surface area (Å²) >= 11 is 0. The Morgan fingerprint density at radius 3 is 2.65 bits per heavy atom. The summed E-state index contributed by atoms with van der Waals surface area (Å²) in [4.78, 5) is 2.12. The number of methoxy groups -OCH3 is 1. The lowest BCUT2D eigenvalue weighted by Crippen LogP contribution is -2.30. The molecule has 0 N–H and O–H groups in total. The van der Waals surface area contributed by atoms with Gasteiger partial charge >= 0.3 is 0 Å². The van der Waals surface area contributed by atoms with E-state index in [0.717, 1.165) is 17.9 Å². The molecule has 1 aromatic carbocycles. The molecule has 0 saturated carbocycles. The minimum Gasteiger partial charge on any atom is -0.496 e. The summed E-state index contributed by atoms with van der Waals surface area (Å²) in [6.07, 6.45) is 0. The Bertz CT molecular complexity index is 407. The molecule has 1 aromatic rings. The van der Waals surface area contributed by atoms with Crippen molar-refractivity contribution in [3.63, 3.8) is 0 Å². The molecule has 0 amide bonds. The Balaban J connectivity index is 2.92. The summed E-state index contributed by atoms with van der Waals surface area (Å²) in [5.41, 5.74) is 2.35. The van der Waals surface area contributed by atoms with Gasteiger partial charge in [-0.3, -0.25) is 4.90 Å². The van der Waals surface area contributed by atoms with E-state index in [1.807, 2.05) is 12.1 Å². The van der Waals surface area contributed by atoms with Crippen molar-refractivity contribution in [2.45, 2.75) is 33.4 Å². The highest BCUT2D eigenvalue weighted by atomic mass is 16.5. The van der Waals surface area contributed by atoms with Gasteiger partial charge in [0.15, 0.2) is 0 Å². The molecule has 0 unspecified atom stereocenters. The SMILES string of the molecule is COc1ccc(C)cc1CN(CC#N)C(C)C. The predicted octanol–water partition coefficient (Wildman–Crippen LogP) is 2.74. The van der Waals surface area contributed by atoms with Gasteiger partial charge in [-0.1, -0.05) is 17.7 Å². The molecule has 0 aliphatic heterocycles. The van der Waals surface area contributed by atoms with Crippen LogP contribution in [0.5, 0.6) is 5.75 Å². The van der Waals surface area contributed by atoms with Crippen molar-refractivity contribution in [1.82, 2.24) is 4.90 Å². The lowest BCUT2D eigenvalue weighted by atomic mass is 10.1. The van der Waals surface area contributed by atoms with Crippen molar-refractivity contribution in [3.05, 3.63) is 29.3 Å². The highest BCUT2D eigenvalue weighted by Gasteiger charge is 2.12. The van der Waals surface area contributed by atoms with E-state index in [4.69, 9.17) is 10.00 Å². The van der Waals surface area contributed by atoms with Gasteiger partial charge in [0.25, 0.3) is 0 Å². The molecule has 92 valence electrons. The Morgan fingerprint density at radius 1 is 1.41 bits per heavy atom. The second kappa shape index (κ2) is 6.27. The summed E-state index contributed by atoms with van der Waals surface area (Å²) < 4.78 is 5.35. The molecular weight excluding hydrogens is 212 g/mol. The summed E-state index contributed by atoms with van der Waals surface area (Å²) in [5, 5.41) is 8.82. The van der Waals surface area contributed by atoms with Gasteiger partial charge in [-0.05, 0) is 26.8 Å². The average Bonchev–Trinajstić information content (AvgIpc) is 2.28. The van der Waals surface area contributed by atoms with Crippen molar-refractivity contribution in [1.29, 1.82) is 5.26 Å². The Labute approximate surface area is 104 Å². The van der Waals surface area contributed by atoms with Gasteiger partial charge in [-0.2, -0.15) is 5.26 Å². The number of benzene rings is 1. The van der Waals surface area contributed by atoms with E-state index in [-0.39, 0.29) is 0 Å². The number of nitrogens with zero attached hydrogens (tertiary/aromatic N) is 2. The maximum absolute atomic E-state index is 8.82. The maximum atomic E-state index is 8.82. The van der Waals surface area contributed by atoms with Gasteiger partial charge < -0.3 is 4.74 Å². The highest BCUT2D eigenvalue weighted by molar-refractivity contribution is 5.36. The molecule has 3 heteroatoms. The van der Waals surface area contributed by atoms with Crippen LogP contribution in [0, 0.1) is 18.3 Å². The zero-order chi connectivity index (χ0) is 12.8. The summed E-state index contributed by atoms with van der Waals surface area (Å²) in [5.74, 6) is 0.888. The molecular formula is C14H20N2O. The molecule has 0 heterocycles. The minimum atomic E-state index is 0.347. The lowest BCUT2D eigenvalue weighted by Gasteiger charge is -2.24. The summed E-state index contributed by atoms with van der Waals surface area (Å²) in [6.45, 7) is 7.44. The molecule has 0 saturated heterocycles. The normalized spacial score (nSPS) is 10.6. The van der Waals surface area contributed by atoms with Crippen LogP contribution in [-0.2, 0) is 6.54 Å². The van der Waals surface area contributed by atoms with E-state index >= 15 is 0 Å². The lowest BCUT2D eigenvalue weighted by molar-refractivity contribution is 0.236. The van der Waals surface area contributed by atoms with Gasteiger partial charge in [0, 0.05) is 18.2 Å². The standard InChI is InChI=1S/C14H20N2O/c1-11(2)16(8-7-15)10-13-9-12(3)5-6-14(13)17-4/h5-6,9,11H,8,10H2,1-4H3. The molecule has 0 spiro atoms. The van der Waals surface area contributed by atoms with Crippen LogP contribution in [-0.4, -0.2) is 24.6 Å². The third kappa shape index (κ3) is 3.76. The third-order valence-corrected chi connectivity index (χ3v) is 2.81. The van der Waals surface area contributed by atoms with Crippen LogP contribution >= 0.6 is 0 Å².